The molecule has 0 aliphatic carbocycles. The van der Waals surface area contributed by atoms with E-state index in [4.69, 9.17) is 0 Å². The van der Waals surface area contributed by atoms with Crippen LogP contribution in [0.5, 0.6) is 0 Å². The summed E-state index contributed by atoms with van der Waals surface area (Å²) in [7, 11) is 1.97. The van der Waals surface area contributed by atoms with E-state index in [1.54, 1.807) is 0 Å². The van der Waals surface area contributed by atoms with Crippen molar-refractivity contribution in [2.24, 2.45) is 0 Å². The van der Waals surface area contributed by atoms with Crippen LogP contribution in [0.4, 0.5) is 4.39 Å². The lowest BCUT2D eigenvalue weighted by atomic mass is 10.0. The fraction of sp³-hybridized carbons (Fsp3) is 0.571. The Hall–Kier alpha value is -0.580. The monoisotopic (exact) mass is 268 g/mol. The molecule has 1 N–H and O–H groups in total. The van der Waals surface area contributed by atoms with Crippen LogP contribution >= 0.6 is 11.8 Å². The smallest absolute Gasteiger partial charge is 0.123 e. The molecule has 18 heavy (non-hydrogen) atoms. The second kappa shape index (κ2) is 7.12. The van der Waals surface area contributed by atoms with Gasteiger partial charge in [0.25, 0.3) is 0 Å². The van der Waals surface area contributed by atoms with Gasteiger partial charge in [-0.1, -0.05) is 12.1 Å². The van der Waals surface area contributed by atoms with E-state index < -0.39 is 0 Å². The van der Waals surface area contributed by atoms with Crippen molar-refractivity contribution in [1.82, 2.24) is 10.2 Å². The third kappa shape index (κ3) is 3.97. The van der Waals surface area contributed by atoms with E-state index in [1.165, 1.54) is 42.3 Å². The number of hydrogen-bond acceptors (Lipinski definition) is 3. The highest BCUT2D eigenvalue weighted by atomic mass is 32.2. The topological polar surface area (TPSA) is 15.3 Å². The van der Waals surface area contributed by atoms with Crippen LogP contribution in [0.25, 0.3) is 0 Å². The summed E-state index contributed by atoms with van der Waals surface area (Å²) in [6.45, 7) is 3.51. The first-order valence-electron chi connectivity index (χ1n) is 6.52. The van der Waals surface area contributed by atoms with E-state index in [0.717, 1.165) is 13.0 Å². The summed E-state index contributed by atoms with van der Waals surface area (Å²) >= 11 is 2.04. The summed E-state index contributed by atoms with van der Waals surface area (Å²) in [5.74, 6) is 2.34. The number of rotatable bonds is 5. The van der Waals surface area contributed by atoms with Crippen LogP contribution in [-0.2, 0) is 0 Å². The molecule has 0 spiro atoms. The standard InChI is InChI=1S/C14H21FN2S/c1-16-14(12-2-4-13(15)5-3-12)6-7-17-8-10-18-11-9-17/h2-5,14,16H,6-11H2,1H3. The quantitative estimate of drug-likeness (QED) is 0.883. The minimum absolute atomic E-state index is 0.165. The van der Waals surface area contributed by atoms with Crippen molar-refractivity contribution < 1.29 is 4.39 Å². The Kier molecular flexibility index (Phi) is 5.47. The predicted molar refractivity (Wildman–Crippen MR) is 76.6 cm³/mol. The van der Waals surface area contributed by atoms with Crippen LogP contribution in [0.2, 0.25) is 0 Å². The molecule has 1 aliphatic rings. The minimum Gasteiger partial charge on any atom is -0.313 e. The average molecular weight is 268 g/mol. The Morgan fingerprint density at radius 1 is 1.28 bits per heavy atom. The number of benzene rings is 1. The van der Waals surface area contributed by atoms with Gasteiger partial charge in [-0.15, -0.1) is 0 Å². The van der Waals surface area contributed by atoms with Crippen molar-refractivity contribution in [3.8, 4) is 0 Å². The molecule has 1 unspecified atom stereocenters. The van der Waals surface area contributed by atoms with Gasteiger partial charge in [0.2, 0.25) is 0 Å². The Morgan fingerprint density at radius 2 is 1.94 bits per heavy atom. The van der Waals surface area contributed by atoms with Crippen LogP contribution in [0.3, 0.4) is 0 Å². The van der Waals surface area contributed by atoms with Gasteiger partial charge in [-0.3, -0.25) is 0 Å². The van der Waals surface area contributed by atoms with Gasteiger partial charge < -0.3 is 10.2 Å². The molecule has 100 valence electrons. The number of hydrogen-bond donors (Lipinski definition) is 1. The van der Waals surface area contributed by atoms with E-state index in [0.29, 0.717) is 6.04 Å². The minimum atomic E-state index is -0.165. The summed E-state index contributed by atoms with van der Waals surface area (Å²) in [5.41, 5.74) is 1.17. The zero-order valence-corrected chi connectivity index (χ0v) is 11.7. The van der Waals surface area contributed by atoms with Gasteiger partial charge >= 0.3 is 0 Å². The lowest BCUT2D eigenvalue weighted by Crippen LogP contribution is -2.35. The molecule has 0 amide bonds. The highest BCUT2D eigenvalue weighted by Crippen LogP contribution is 2.18. The third-order valence-corrected chi connectivity index (χ3v) is 4.40. The Morgan fingerprint density at radius 3 is 2.56 bits per heavy atom. The summed E-state index contributed by atoms with van der Waals surface area (Å²) < 4.78 is 12.9. The van der Waals surface area contributed by atoms with Crippen molar-refractivity contribution >= 4 is 11.8 Å². The van der Waals surface area contributed by atoms with Crippen LogP contribution < -0.4 is 5.32 Å². The van der Waals surface area contributed by atoms with Crippen LogP contribution in [-0.4, -0.2) is 43.1 Å². The number of thioether (sulfide) groups is 1. The maximum Gasteiger partial charge on any atom is 0.123 e. The van der Waals surface area contributed by atoms with Crippen LogP contribution in [0.1, 0.15) is 18.0 Å². The van der Waals surface area contributed by atoms with E-state index in [-0.39, 0.29) is 5.82 Å². The zero-order valence-electron chi connectivity index (χ0n) is 10.9. The Balaban J connectivity index is 1.86. The van der Waals surface area contributed by atoms with Crippen molar-refractivity contribution in [3.05, 3.63) is 35.6 Å². The highest BCUT2D eigenvalue weighted by Gasteiger charge is 2.14. The molecular formula is C14H21FN2S. The van der Waals surface area contributed by atoms with Crippen LogP contribution in [0.15, 0.2) is 24.3 Å². The fourth-order valence-corrected chi connectivity index (χ4v) is 3.29. The lowest BCUT2D eigenvalue weighted by Gasteiger charge is -2.28. The van der Waals surface area contributed by atoms with Crippen molar-refractivity contribution in [3.63, 3.8) is 0 Å². The van der Waals surface area contributed by atoms with E-state index in [2.05, 4.69) is 10.2 Å². The first-order valence-corrected chi connectivity index (χ1v) is 7.68. The highest BCUT2D eigenvalue weighted by molar-refractivity contribution is 7.99. The predicted octanol–water partition coefficient (Wildman–Crippen LogP) is 2.53. The van der Waals surface area contributed by atoms with Crippen molar-refractivity contribution in [2.75, 3.05) is 38.2 Å². The van der Waals surface area contributed by atoms with E-state index >= 15 is 0 Å². The van der Waals surface area contributed by atoms with Crippen molar-refractivity contribution in [2.45, 2.75) is 12.5 Å². The lowest BCUT2D eigenvalue weighted by molar-refractivity contribution is 0.283. The third-order valence-electron chi connectivity index (χ3n) is 3.46. The summed E-state index contributed by atoms with van der Waals surface area (Å²) in [6, 6.07) is 7.15. The first-order chi connectivity index (χ1) is 8.79. The van der Waals surface area contributed by atoms with Gasteiger partial charge in [-0.05, 0) is 31.2 Å². The molecule has 2 nitrogen and oxygen atoms in total. The van der Waals surface area contributed by atoms with Crippen LogP contribution in [0, 0.1) is 5.82 Å². The molecule has 2 rings (SSSR count). The molecule has 0 radical (unpaired) electrons. The van der Waals surface area contributed by atoms with Gasteiger partial charge in [0.1, 0.15) is 5.82 Å². The summed E-state index contributed by atoms with van der Waals surface area (Å²) in [5, 5.41) is 3.32. The normalized spacial score (nSPS) is 18.8. The van der Waals surface area contributed by atoms with Gasteiger partial charge in [-0.2, -0.15) is 11.8 Å². The molecule has 1 heterocycles. The summed E-state index contributed by atoms with van der Waals surface area (Å²) in [4.78, 5) is 2.52. The number of nitrogens with one attached hydrogen (secondary N) is 1. The van der Waals surface area contributed by atoms with E-state index in [9.17, 15) is 4.39 Å². The first kappa shape index (κ1) is 13.8. The maximum atomic E-state index is 12.9. The largest absolute Gasteiger partial charge is 0.313 e. The summed E-state index contributed by atoms with van der Waals surface area (Å²) in [6.07, 6.45) is 1.08. The fourth-order valence-electron chi connectivity index (χ4n) is 2.31. The molecule has 1 aromatic carbocycles. The Labute approximate surface area is 113 Å². The average Bonchev–Trinajstić information content (AvgIpc) is 2.42. The number of halogens is 1. The second-order valence-electron chi connectivity index (χ2n) is 4.64. The molecule has 0 saturated carbocycles. The maximum absolute atomic E-state index is 12.9. The van der Waals surface area contributed by atoms with Gasteiger partial charge in [-0.25, -0.2) is 4.39 Å². The molecule has 1 aromatic rings. The Bertz CT molecular complexity index is 349. The molecule has 1 fully saturated rings. The second-order valence-corrected chi connectivity index (χ2v) is 5.86. The van der Waals surface area contributed by atoms with Gasteiger partial charge in [0, 0.05) is 37.2 Å². The molecular weight excluding hydrogens is 247 g/mol. The molecule has 1 saturated heterocycles. The molecule has 0 bridgehead atoms. The molecule has 4 heteroatoms. The van der Waals surface area contributed by atoms with Crippen molar-refractivity contribution in [1.29, 1.82) is 0 Å². The zero-order chi connectivity index (χ0) is 12.8. The van der Waals surface area contributed by atoms with E-state index in [1.807, 2.05) is 30.9 Å². The molecule has 1 atom stereocenters. The van der Waals surface area contributed by atoms with Gasteiger partial charge in [0.15, 0.2) is 0 Å². The molecule has 1 aliphatic heterocycles. The number of nitrogens with zero attached hydrogens (tertiary/aromatic N) is 1. The molecule has 0 aromatic heterocycles. The SMILES string of the molecule is CNC(CCN1CCSCC1)c1ccc(F)cc1. The van der Waals surface area contributed by atoms with Gasteiger partial charge in [0.05, 0.1) is 0 Å².